The second kappa shape index (κ2) is 13.3. The maximum atomic E-state index is 12.9. The van der Waals surface area contributed by atoms with Crippen molar-refractivity contribution in [3.05, 3.63) is 75.3 Å². The van der Waals surface area contributed by atoms with Crippen molar-refractivity contribution in [1.82, 2.24) is 14.8 Å². The summed E-state index contributed by atoms with van der Waals surface area (Å²) in [6.45, 7) is 6.36. The summed E-state index contributed by atoms with van der Waals surface area (Å²) in [6.07, 6.45) is -0.450. The van der Waals surface area contributed by atoms with Gasteiger partial charge in [0.15, 0.2) is 17.1 Å². The van der Waals surface area contributed by atoms with E-state index in [0.29, 0.717) is 49.4 Å². The van der Waals surface area contributed by atoms with Crippen LogP contribution in [0.2, 0.25) is 10.0 Å². The van der Waals surface area contributed by atoms with E-state index in [4.69, 9.17) is 32.7 Å². The molecule has 8 nitrogen and oxygen atoms in total. The minimum Gasteiger partial charge on any atom is -0.481 e. The van der Waals surface area contributed by atoms with Gasteiger partial charge in [0.2, 0.25) is 5.91 Å². The first-order valence-corrected chi connectivity index (χ1v) is 14.8. The molecule has 1 amide bonds. The summed E-state index contributed by atoms with van der Waals surface area (Å²) in [5, 5.41) is 15.2. The number of hydrogen-bond donors (Lipinski definition) is 1. The number of ether oxygens (including phenoxy) is 2. The normalized spacial score (nSPS) is 11.7. The number of benzene rings is 2. The molecule has 1 N–H and O–H groups in total. The first kappa shape index (κ1) is 28.9. The number of nitrogens with one attached hydrogen (secondary N) is 1. The van der Waals surface area contributed by atoms with E-state index in [-0.39, 0.29) is 18.3 Å². The van der Waals surface area contributed by atoms with Gasteiger partial charge < -0.3 is 19.4 Å². The first-order valence-electron chi connectivity index (χ1n) is 12.1. The molecule has 0 spiro atoms. The van der Waals surface area contributed by atoms with Crippen molar-refractivity contribution in [1.29, 1.82) is 0 Å². The Morgan fingerprint density at radius 3 is 2.59 bits per heavy atom. The predicted octanol–water partition coefficient (Wildman–Crippen LogP) is 7.38. The summed E-state index contributed by atoms with van der Waals surface area (Å²) in [6, 6.07) is 14.5. The molecule has 0 aliphatic carbocycles. The average Bonchev–Trinajstić information content (AvgIpc) is 3.53. The van der Waals surface area contributed by atoms with Gasteiger partial charge in [0, 0.05) is 22.5 Å². The average molecular weight is 606 g/mol. The van der Waals surface area contributed by atoms with E-state index in [1.807, 2.05) is 54.1 Å². The first-order chi connectivity index (χ1) is 18.8. The molecule has 0 aliphatic heterocycles. The smallest absolute Gasteiger partial charge is 0.341 e. The number of thioether (sulfide) groups is 1. The number of carbonyl (C=O) groups is 2. The molecule has 0 saturated heterocycles. The van der Waals surface area contributed by atoms with E-state index in [1.54, 1.807) is 25.1 Å². The molecule has 2 heterocycles. The largest absolute Gasteiger partial charge is 0.481 e. The van der Waals surface area contributed by atoms with Crippen LogP contribution < -0.4 is 10.1 Å². The summed E-state index contributed by atoms with van der Waals surface area (Å²) in [5.74, 6) is 0.386. The lowest BCUT2D eigenvalue weighted by molar-refractivity contribution is -0.113. The van der Waals surface area contributed by atoms with Gasteiger partial charge in [0.1, 0.15) is 16.3 Å². The van der Waals surface area contributed by atoms with Crippen LogP contribution in [-0.4, -0.2) is 39.0 Å². The van der Waals surface area contributed by atoms with Gasteiger partial charge >= 0.3 is 5.97 Å². The van der Waals surface area contributed by atoms with Crippen molar-refractivity contribution in [2.75, 3.05) is 17.7 Å². The summed E-state index contributed by atoms with van der Waals surface area (Å²) >= 11 is 14.7. The molecule has 0 saturated carbocycles. The Labute approximate surface area is 244 Å². The predicted molar refractivity (Wildman–Crippen MR) is 156 cm³/mol. The number of anilines is 1. The van der Waals surface area contributed by atoms with Crippen LogP contribution >= 0.6 is 46.3 Å². The summed E-state index contributed by atoms with van der Waals surface area (Å²) < 4.78 is 13.2. The lowest BCUT2D eigenvalue weighted by Gasteiger charge is -2.16. The van der Waals surface area contributed by atoms with Gasteiger partial charge in [-0.3, -0.25) is 4.79 Å². The van der Waals surface area contributed by atoms with E-state index in [9.17, 15) is 9.59 Å². The number of halogens is 2. The Bertz CT molecular complexity index is 1460. The summed E-state index contributed by atoms with van der Waals surface area (Å²) in [4.78, 5) is 25.7. The third kappa shape index (κ3) is 6.94. The van der Waals surface area contributed by atoms with Crippen LogP contribution in [0.25, 0.3) is 11.1 Å². The van der Waals surface area contributed by atoms with Gasteiger partial charge in [-0.1, -0.05) is 65.3 Å². The molecule has 12 heteroatoms. The molecule has 2 aromatic heterocycles. The second-order valence-electron chi connectivity index (χ2n) is 8.20. The Kier molecular flexibility index (Phi) is 9.90. The van der Waals surface area contributed by atoms with Crippen LogP contribution in [0.5, 0.6) is 5.75 Å². The van der Waals surface area contributed by atoms with Crippen LogP contribution in [0.15, 0.2) is 59.1 Å². The van der Waals surface area contributed by atoms with Gasteiger partial charge in [-0.2, -0.15) is 0 Å². The molecular formula is C27H26Cl2N4O4S2. The highest BCUT2D eigenvalue weighted by molar-refractivity contribution is 7.99. The fourth-order valence-electron chi connectivity index (χ4n) is 3.80. The number of nitrogens with zero attached hydrogens (tertiary/aromatic N) is 3. The fourth-order valence-corrected chi connectivity index (χ4v) is 6.03. The van der Waals surface area contributed by atoms with Gasteiger partial charge in [0.05, 0.1) is 17.4 Å². The molecule has 204 valence electrons. The third-order valence-electron chi connectivity index (χ3n) is 5.56. The summed E-state index contributed by atoms with van der Waals surface area (Å²) in [5.41, 5.74) is 1.93. The minimum absolute atomic E-state index is 0.0667. The molecule has 0 aliphatic rings. The minimum atomic E-state index is -0.481. The van der Waals surface area contributed by atoms with E-state index in [1.165, 1.54) is 23.1 Å². The van der Waals surface area contributed by atoms with Gasteiger partial charge in [0.25, 0.3) is 0 Å². The lowest BCUT2D eigenvalue weighted by atomic mass is 10.0. The van der Waals surface area contributed by atoms with Crippen LogP contribution in [0.1, 0.15) is 43.1 Å². The van der Waals surface area contributed by atoms with Crippen molar-refractivity contribution >= 4 is 63.2 Å². The number of amides is 1. The molecule has 1 unspecified atom stereocenters. The van der Waals surface area contributed by atoms with Crippen molar-refractivity contribution in [2.45, 2.75) is 38.6 Å². The Morgan fingerprint density at radius 2 is 1.90 bits per heavy atom. The third-order valence-corrected chi connectivity index (χ3v) is 7.96. The molecule has 4 rings (SSSR count). The highest BCUT2D eigenvalue weighted by Gasteiger charge is 2.24. The lowest BCUT2D eigenvalue weighted by Crippen LogP contribution is -2.17. The van der Waals surface area contributed by atoms with Crippen LogP contribution in [0, 0.1) is 0 Å². The monoisotopic (exact) mass is 604 g/mol. The molecule has 2 aromatic carbocycles. The molecule has 0 bridgehead atoms. The van der Waals surface area contributed by atoms with Crippen LogP contribution in [0.3, 0.4) is 0 Å². The molecule has 1 atom stereocenters. The number of hydrogen-bond acceptors (Lipinski definition) is 8. The quantitative estimate of drug-likeness (QED) is 0.141. The highest BCUT2D eigenvalue weighted by Crippen LogP contribution is 2.36. The summed E-state index contributed by atoms with van der Waals surface area (Å²) in [7, 11) is 0. The van der Waals surface area contributed by atoms with Crippen molar-refractivity contribution in [3.8, 4) is 16.9 Å². The van der Waals surface area contributed by atoms with Crippen LogP contribution in [0.4, 0.5) is 5.00 Å². The van der Waals surface area contributed by atoms with Crippen LogP contribution in [-0.2, 0) is 16.1 Å². The Hall–Kier alpha value is -3.05. The van der Waals surface area contributed by atoms with E-state index >= 15 is 0 Å². The number of esters is 1. The van der Waals surface area contributed by atoms with Crippen molar-refractivity contribution in [3.63, 3.8) is 0 Å². The van der Waals surface area contributed by atoms with Gasteiger partial charge in [-0.15, -0.1) is 21.5 Å². The van der Waals surface area contributed by atoms with E-state index in [2.05, 4.69) is 15.5 Å². The number of aromatic nitrogens is 3. The topological polar surface area (TPSA) is 95.3 Å². The van der Waals surface area contributed by atoms with Crippen molar-refractivity contribution in [2.24, 2.45) is 0 Å². The van der Waals surface area contributed by atoms with Gasteiger partial charge in [-0.05, 0) is 44.5 Å². The fraction of sp³-hybridized carbons (Fsp3) is 0.259. The van der Waals surface area contributed by atoms with E-state index in [0.717, 1.165) is 5.56 Å². The maximum absolute atomic E-state index is 12.9. The molecular weight excluding hydrogens is 579 g/mol. The number of carbonyl (C=O) groups excluding carboxylic acids is 2. The number of rotatable bonds is 11. The molecule has 4 aromatic rings. The second-order valence-corrected chi connectivity index (χ2v) is 10.9. The maximum Gasteiger partial charge on any atom is 0.341 e. The number of thiophene rings is 1. The molecule has 0 fully saturated rings. The Balaban J connectivity index is 1.46. The zero-order valence-corrected chi connectivity index (χ0v) is 24.6. The standard InChI is InChI=1S/C27H26Cl2N4O4S2/c1-4-33-24(16(3)37-21-12-11-18(28)13-20(21)29)31-32-27(33)39-15-22(34)30-25-23(26(35)36-5-2)19(14-38-25)17-9-7-6-8-10-17/h6-14,16H,4-5,15H2,1-3H3,(H,30,34). The zero-order valence-electron chi connectivity index (χ0n) is 21.4. The Morgan fingerprint density at radius 1 is 1.13 bits per heavy atom. The van der Waals surface area contributed by atoms with Gasteiger partial charge in [-0.25, -0.2) is 4.79 Å². The zero-order chi connectivity index (χ0) is 27.9. The highest BCUT2D eigenvalue weighted by atomic mass is 35.5. The van der Waals surface area contributed by atoms with Crippen molar-refractivity contribution < 1.29 is 19.1 Å². The SMILES string of the molecule is CCOC(=O)c1c(-c2ccccc2)csc1NC(=O)CSc1nnc(C(C)Oc2ccc(Cl)cc2Cl)n1CC. The molecule has 39 heavy (non-hydrogen) atoms. The van der Waals surface area contributed by atoms with E-state index < -0.39 is 12.1 Å². The molecule has 0 radical (unpaired) electrons.